The van der Waals surface area contributed by atoms with Gasteiger partial charge in [-0.1, -0.05) is 6.07 Å². The second-order valence-electron chi connectivity index (χ2n) is 8.78. The molecule has 0 amide bonds. The minimum Gasteiger partial charge on any atom is -0.493 e. The number of morpholine rings is 1. The molecule has 1 aromatic heterocycles. The number of aliphatic hydroxyl groups excluding tert-OH is 1. The standard InChI is InChI=1S/C27H36N4O5.3ClH.H2O/c1-33-25-8-3-20(15-26(25)34-2)9-10-28-17-23(32)19-36-24-6-4-21(5-7-24)27-29-16-22(30-27)18-31-11-13-35-14-12-31;;;;/h3-8,15-16,23,28,32H,9-14,17-19H2,1-2H3,(H,29,30);3*1H;1H2. The zero-order chi connectivity index (χ0) is 25.2. The van der Waals surface area contributed by atoms with E-state index >= 15 is 0 Å². The minimum absolute atomic E-state index is 0. The normalized spacial score (nSPS) is 13.5. The number of methoxy groups -OCH3 is 2. The lowest BCUT2D eigenvalue weighted by Crippen LogP contribution is -2.35. The van der Waals surface area contributed by atoms with Gasteiger partial charge in [-0.25, -0.2) is 4.98 Å². The average Bonchev–Trinajstić information content (AvgIpc) is 3.39. The summed E-state index contributed by atoms with van der Waals surface area (Å²) in [5.74, 6) is 2.98. The number of nitrogens with zero attached hydrogens (tertiary/aromatic N) is 2. The van der Waals surface area contributed by atoms with Crippen molar-refractivity contribution in [2.75, 3.05) is 60.2 Å². The second kappa shape index (κ2) is 19.7. The molecule has 13 heteroatoms. The first-order valence-electron chi connectivity index (χ1n) is 12.3. The predicted molar refractivity (Wildman–Crippen MR) is 163 cm³/mol. The van der Waals surface area contributed by atoms with Crippen molar-refractivity contribution in [1.29, 1.82) is 0 Å². The molecule has 1 saturated heterocycles. The SMILES string of the molecule is COc1ccc(CCNCC(O)COc2ccc(-c3ncc(CN4CCOCC4)[nH]3)cc2)cc1OC.Cl.Cl.Cl.O. The number of rotatable bonds is 13. The number of H-pyrrole nitrogens is 1. The summed E-state index contributed by atoms with van der Waals surface area (Å²) < 4.78 is 21.8. The van der Waals surface area contributed by atoms with Crippen LogP contribution in [-0.4, -0.2) is 91.8 Å². The van der Waals surface area contributed by atoms with E-state index in [-0.39, 0.29) is 49.3 Å². The average molecular weight is 624 g/mol. The fourth-order valence-electron chi connectivity index (χ4n) is 4.08. The molecular formula is C27H41Cl3N4O6. The summed E-state index contributed by atoms with van der Waals surface area (Å²) in [4.78, 5) is 10.3. The van der Waals surface area contributed by atoms with Crippen LogP contribution in [0.25, 0.3) is 11.4 Å². The third-order valence-electron chi connectivity index (χ3n) is 6.11. The van der Waals surface area contributed by atoms with E-state index in [4.69, 9.17) is 18.9 Å². The Morgan fingerprint density at radius 2 is 1.73 bits per heavy atom. The number of hydrogen-bond donors (Lipinski definition) is 3. The largest absolute Gasteiger partial charge is 0.493 e. The maximum absolute atomic E-state index is 10.3. The highest BCUT2D eigenvalue weighted by Crippen LogP contribution is 2.27. The first-order chi connectivity index (χ1) is 17.6. The summed E-state index contributed by atoms with van der Waals surface area (Å²) in [6.45, 7) is 5.70. The van der Waals surface area contributed by atoms with Gasteiger partial charge in [0, 0.05) is 43.6 Å². The molecule has 1 unspecified atom stereocenters. The topological polar surface area (TPSA) is 133 Å². The van der Waals surface area contributed by atoms with Gasteiger partial charge >= 0.3 is 0 Å². The molecule has 40 heavy (non-hydrogen) atoms. The third-order valence-corrected chi connectivity index (χ3v) is 6.11. The molecule has 0 saturated carbocycles. The molecule has 1 fully saturated rings. The molecule has 0 radical (unpaired) electrons. The fourth-order valence-corrected chi connectivity index (χ4v) is 4.08. The molecule has 10 nitrogen and oxygen atoms in total. The Balaban J connectivity index is 0.00000380. The van der Waals surface area contributed by atoms with E-state index in [1.165, 1.54) is 0 Å². The van der Waals surface area contributed by atoms with Crippen LogP contribution in [0.5, 0.6) is 17.2 Å². The molecule has 3 aromatic rings. The molecule has 2 aromatic carbocycles. The van der Waals surface area contributed by atoms with Crippen LogP contribution in [0.2, 0.25) is 0 Å². The molecule has 1 aliphatic heterocycles. The highest BCUT2D eigenvalue weighted by atomic mass is 35.5. The third kappa shape index (κ3) is 11.3. The van der Waals surface area contributed by atoms with Gasteiger partial charge < -0.3 is 39.8 Å². The number of benzene rings is 2. The predicted octanol–water partition coefficient (Wildman–Crippen LogP) is 2.94. The lowest BCUT2D eigenvalue weighted by molar-refractivity contribution is 0.0337. The summed E-state index contributed by atoms with van der Waals surface area (Å²) in [7, 11) is 3.25. The fraction of sp³-hybridized carbons (Fsp3) is 0.444. The molecule has 4 rings (SSSR count). The van der Waals surface area contributed by atoms with E-state index in [0.717, 1.165) is 74.2 Å². The van der Waals surface area contributed by atoms with Gasteiger partial charge in [-0.05, 0) is 54.9 Å². The van der Waals surface area contributed by atoms with Crippen LogP contribution in [-0.2, 0) is 17.7 Å². The summed E-state index contributed by atoms with van der Waals surface area (Å²) >= 11 is 0. The Morgan fingerprint density at radius 3 is 2.40 bits per heavy atom. The van der Waals surface area contributed by atoms with E-state index in [1.807, 2.05) is 48.7 Å². The van der Waals surface area contributed by atoms with Crippen LogP contribution in [0, 0.1) is 0 Å². The molecule has 2 heterocycles. The van der Waals surface area contributed by atoms with Crippen molar-refractivity contribution in [3.8, 4) is 28.6 Å². The van der Waals surface area contributed by atoms with Crippen molar-refractivity contribution < 1.29 is 29.5 Å². The van der Waals surface area contributed by atoms with Crippen molar-refractivity contribution in [1.82, 2.24) is 20.2 Å². The Morgan fingerprint density at radius 1 is 1.02 bits per heavy atom. The van der Waals surface area contributed by atoms with Crippen LogP contribution in [0.4, 0.5) is 0 Å². The zero-order valence-electron chi connectivity index (χ0n) is 22.8. The molecule has 0 aliphatic carbocycles. The van der Waals surface area contributed by atoms with Crippen molar-refractivity contribution in [3.05, 3.63) is 59.9 Å². The molecule has 0 bridgehead atoms. The molecule has 226 valence electrons. The Hall–Kier alpha value is -2.28. The number of nitrogens with one attached hydrogen (secondary N) is 2. The molecule has 1 aliphatic rings. The van der Waals surface area contributed by atoms with Gasteiger partial charge in [-0.3, -0.25) is 4.90 Å². The van der Waals surface area contributed by atoms with Gasteiger partial charge in [-0.2, -0.15) is 0 Å². The Labute approximate surface area is 254 Å². The van der Waals surface area contributed by atoms with Crippen LogP contribution >= 0.6 is 37.2 Å². The van der Waals surface area contributed by atoms with Gasteiger partial charge in [0.25, 0.3) is 0 Å². The van der Waals surface area contributed by atoms with Gasteiger partial charge in [0.15, 0.2) is 11.5 Å². The van der Waals surface area contributed by atoms with Crippen molar-refractivity contribution in [2.24, 2.45) is 0 Å². The number of ether oxygens (including phenoxy) is 4. The highest BCUT2D eigenvalue weighted by Gasteiger charge is 2.13. The molecule has 5 N–H and O–H groups in total. The van der Waals surface area contributed by atoms with Gasteiger partial charge in [-0.15, -0.1) is 37.2 Å². The lowest BCUT2D eigenvalue weighted by Gasteiger charge is -2.25. The minimum atomic E-state index is -0.608. The first-order valence-corrected chi connectivity index (χ1v) is 12.3. The molecular weight excluding hydrogens is 583 g/mol. The van der Waals surface area contributed by atoms with E-state index in [9.17, 15) is 5.11 Å². The van der Waals surface area contributed by atoms with Crippen molar-refractivity contribution >= 4 is 37.2 Å². The van der Waals surface area contributed by atoms with Crippen molar-refractivity contribution in [3.63, 3.8) is 0 Å². The summed E-state index contributed by atoms with van der Waals surface area (Å²) in [6.07, 6.45) is 2.10. The van der Waals surface area contributed by atoms with Crippen LogP contribution in [0.1, 0.15) is 11.3 Å². The van der Waals surface area contributed by atoms with E-state index in [0.29, 0.717) is 18.0 Å². The number of halogens is 3. The van der Waals surface area contributed by atoms with E-state index < -0.39 is 6.10 Å². The lowest BCUT2D eigenvalue weighted by atomic mass is 10.1. The smallest absolute Gasteiger partial charge is 0.160 e. The summed E-state index contributed by atoms with van der Waals surface area (Å²) in [5, 5.41) is 13.6. The number of aromatic nitrogens is 2. The van der Waals surface area contributed by atoms with Crippen LogP contribution < -0.4 is 19.5 Å². The van der Waals surface area contributed by atoms with Crippen LogP contribution in [0.3, 0.4) is 0 Å². The Bertz CT molecular complexity index is 1080. The van der Waals surface area contributed by atoms with Gasteiger partial charge in [0.2, 0.25) is 0 Å². The summed E-state index contributed by atoms with van der Waals surface area (Å²) in [5.41, 5.74) is 3.22. The first kappa shape index (κ1) is 37.7. The van der Waals surface area contributed by atoms with Crippen molar-refractivity contribution in [2.45, 2.75) is 19.1 Å². The van der Waals surface area contributed by atoms with E-state index in [2.05, 4.69) is 20.2 Å². The summed E-state index contributed by atoms with van der Waals surface area (Å²) in [6, 6.07) is 13.6. The van der Waals surface area contributed by atoms with E-state index in [1.54, 1.807) is 14.2 Å². The molecule has 1 atom stereocenters. The van der Waals surface area contributed by atoms with Crippen LogP contribution in [0.15, 0.2) is 48.7 Å². The number of aromatic amines is 1. The van der Waals surface area contributed by atoms with Gasteiger partial charge in [0.1, 0.15) is 24.3 Å². The Kier molecular flexibility index (Phi) is 18.6. The maximum atomic E-state index is 10.3. The number of imidazole rings is 1. The highest BCUT2D eigenvalue weighted by molar-refractivity contribution is 5.86. The number of aliphatic hydroxyl groups is 1. The van der Waals surface area contributed by atoms with Gasteiger partial charge in [0.05, 0.1) is 27.4 Å². The molecule has 0 spiro atoms. The zero-order valence-corrected chi connectivity index (χ0v) is 25.2. The second-order valence-corrected chi connectivity index (χ2v) is 8.78. The quantitative estimate of drug-likeness (QED) is 0.248. The monoisotopic (exact) mass is 622 g/mol. The maximum Gasteiger partial charge on any atom is 0.160 e. The number of hydrogen-bond acceptors (Lipinski definition) is 8.